The lowest BCUT2D eigenvalue weighted by Gasteiger charge is -2.11. The molecule has 0 unspecified atom stereocenters. The predicted molar refractivity (Wildman–Crippen MR) is 96.4 cm³/mol. The Morgan fingerprint density at radius 3 is 2.56 bits per heavy atom. The van der Waals surface area contributed by atoms with Crippen LogP contribution in [0.2, 0.25) is 0 Å². The molecular formula is C20H20F3NO3. The minimum atomic E-state index is -2.95. The molecule has 2 aromatic carbocycles. The number of carbonyl (C=O) groups excluding carboxylic acids is 1. The molecule has 0 fully saturated rings. The molecule has 2 rings (SSSR count). The van der Waals surface area contributed by atoms with Crippen molar-refractivity contribution in [3.05, 3.63) is 65.5 Å². The predicted octanol–water partition coefficient (Wildman–Crippen LogP) is 4.20. The molecule has 144 valence electrons. The van der Waals surface area contributed by atoms with Gasteiger partial charge in [-0.25, -0.2) is 4.39 Å². The molecule has 0 atom stereocenters. The fourth-order valence-electron chi connectivity index (χ4n) is 2.30. The summed E-state index contributed by atoms with van der Waals surface area (Å²) in [5.41, 5.74) is 1.52. The summed E-state index contributed by atoms with van der Waals surface area (Å²) >= 11 is 0. The average Bonchev–Trinajstić information content (AvgIpc) is 2.63. The van der Waals surface area contributed by atoms with E-state index in [4.69, 9.17) is 4.74 Å². The molecule has 1 amide bonds. The molecule has 0 aliphatic rings. The second-order valence-corrected chi connectivity index (χ2v) is 5.52. The van der Waals surface area contributed by atoms with Gasteiger partial charge in [-0.3, -0.25) is 4.79 Å². The van der Waals surface area contributed by atoms with Crippen LogP contribution in [0.3, 0.4) is 0 Å². The monoisotopic (exact) mass is 379 g/mol. The Hall–Kier alpha value is -2.96. The van der Waals surface area contributed by atoms with Crippen molar-refractivity contribution in [2.24, 2.45) is 0 Å². The van der Waals surface area contributed by atoms with Crippen molar-refractivity contribution in [1.29, 1.82) is 0 Å². The molecule has 0 radical (unpaired) electrons. The van der Waals surface area contributed by atoms with Crippen molar-refractivity contribution < 1.29 is 27.4 Å². The fraction of sp³-hybridized carbons (Fsp3) is 0.250. The van der Waals surface area contributed by atoms with Crippen LogP contribution in [0.5, 0.6) is 11.5 Å². The van der Waals surface area contributed by atoms with E-state index in [2.05, 4.69) is 10.1 Å². The molecule has 0 aliphatic carbocycles. The first-order chi connectivity index (χ1) is 13.0. The molecule has 4 nitrogen and oxygen atoms in total. The number of hydrogen-bond acceptors (Lipinski definition) is 3. The molecule has 1 N–H and O–H groups in total. The summed E-state index contributed by atoms with van der Waals surface area (Å²) in [5, 5.41) is 2.72. The maximum atomic E-state index is 12.8. The molecule has 0 bridgehead atoms. The minimum absolute atomic E-state index is 0.0623. The molecular weight excluding hydrogens is 359 g/mol. The number of amides is 1. The van der Waals surface area contributed by atoms with E-state index >= 15 is 0 Å². The zero-order chi connectivity index (χ0) is 19.6. The Bertz CT molecular complexity index is 777. The first-order valence-corrected chi connectivity index (χ1v) is 8.40. The van der Waals surface area contributed by atoms with Gasteiger partial charge >= 0.3 is 6.61 Å². The zero-order valence-electron chi connectivity index (χ0n) is 14.8. The van der Waals surface area contributed by atoms with Gasteiger partial charge in [-0.2, -0.15) is 8.78 Å². The Morgan fingerprint density at radius 2 is 1.89 bits per heavy atom. The van der Waals surface area contributed by atoms with Gasteiger partial charge in [0.15, 0.2) is 11.5 Å². The van der Waals surface area contributed by atoms with E-state index in [1.165, 1.54) is 30.3 Å². The lowest BCUT2D eigenvalue weighted by atomic mass is 10.1. The summed E-state index contributed by atoms with van der Waals surface area (Å²) < 4.78 is 47.3. The van der Waals surface area contributed by atoms with Crippen LogP contribution in [0.15, 0.2) is 48.5 Å². The third-order valence-corrected chi connectivity index (χ3v) is 3.54. The lowest BCUT2D eigenvalue weighted by Crippen LogP contribution is -2.23. The van der Waals surface area contributed by atoms with Gasteiger partial charge < -0.3 is 14.8 Å². The van der Waals surface area contributed by atoms with E-state index in [1.807, 2.05) is 0 Å². The summed E-state index contributed by atoms with van der Waals surface area (Å²) in [5.74, 6) is -0.491. The molecule has 0 heterocycles. The summed E-state index contributed by atoms with van der Waals surface area (Å²) in [6.07, 6.45) is 3.46. The van der Waals surface area contributed by atoms with Crippen LogP contribution in [0.25, 0.3) is 6.08 Å². The smallest absolute Gasteiger partial charge is 0.387 e. The van der Waals surface area contributed by atoms with Crippen molar-refractivity contribution in [1.82, 2.24) is 5.32 Å². The van der Waals surface area contributed by atoms with Crippen LogP contribution in [-0.4, -0.2) is 25.7 Å². The molecule has 0 saturated carbocycles. The average molecular weight is 379 g/mol. The van der Waals surface area contributed by atoms with Crippen LogP contribution < -0.4 is 14.8 Å². The molecule has 0 aliphatic heterocycles. The summed E-state index contributed by atoms with van der Waals surface area (Å²) in [4.78, 5) is 11.9. The van der Waals surface area contributed by atoms with Crippen molar-refractivity contribution in [2.75, 3.05) is 13.2 Å². The van der Waals surface area contributed by atoms with Crippen LogP contribution >= 0.6 is 0 Å². The van der Waals surface area contributed by atoms with Gasteiger partial charge in [0.1, 0.15) is 5.82 Å². The van der Waals surface area contributed by atoms with Gasteiger partial charge in [-0.15, -0.1) is 0 Å². The van der Waals surface area contributed by atoms with Crippen LogP contribution in [0, 0.1) is 5.82 Å². The quantitative estimate of drug-likeness (QED) is 0.665. The van der Waals surface area contributed by atoms with Crippen molar-refractivity contribution >= 4 is 12.0 Å². The summed E-state index contributed by atoms with van der Waals surface area (Å²) in [6, 6.07) is 10.5. The van der Waals surface area contributed by atoms with E-state index < -0.39 is 6.61 Å². The van der Waals surface area contributed by atoms with E-state index in [-0.39, 0.29) is 29.8 Å². The second kappa shape index (κ2) is 10.3. The topological polar surface area (TPSA) is 47.6 Å². The summed E-state index contributed by atoms with van der Waals surface area (Å²) in [7, 11) is 0. The van der Waals surface area contributed by atoms with Crippen molar-refractivity contribution in [2.45, 2.75) is 20.0 Å². The number of rotatable bonds is 9. The standard InChI is InChI=1S/C20H20F3NO3/c1-2-26-18-13-15(5-9-17(18)27-20(22)23)6-10-19(25)24-12-11-14-3-7-16(21)8-4-14/h3-10,13,20H,2,11-12H2,1H3,(H,24,25)/b10-6+. The highest BCUT2D eigenvalue weighted by Gasteiger charge is 2.11. The zero-order valence-corrected chi connectivity index (χ0v) is 14.8. The Kier molecular flexibility index (Phi) is 7.73. The van der Waals surface area contributed by atoms with Crippen LogP contribution in [0.1, 0.15) is 18.1 Å². The summed E-state index contributed by atoms with van der Waals surface area (Å²) in [6.45, 7) is -0.530. The Balaban J connectivity index is 1.90. The SMILES string of the molecule is CCOc1cc(/C=C/C(=O)NCCc2ccc(F)cc2)ccc1OC(F)F. The van der Waals surface area contributed by atoms with Crippen LogP contribution in [0.4, 0.5) is 13.2 Å². The number of carbonyl (C=O) groups is 1. The van der Waals surface area contributed by atoms with E-state index in [0.29, 0.717) is 18.5 Å². The number of halogens is 3. The van der Waals surface area contributed by atoms with Crippen molar-refractivity contribution in [3.8, 4) is 11.5 Å². The number of benzene rings is 2. The van der Waals surface area contributed by atoms with Gasteiger partial charge in [-0.05, 0) is 54.8 Å². The van der Waals surface area contributed by atoms with E-state index in [1.54, 1.807) is 31.2 Å². The number of ether oxygens (including phenoxy) is 2. The minimum Gasteiger partial charge on any atom is -0.490 e. The largest absolute Gasteiger partial charge is 0.490 e. The Morgan fingerprint density at radius 1 is 1.15 bits per heavy atom. The highest BCUT2D eigenvalue weighted by Crippen LogP contribution is 2.30. The highest BCUT2D eigenvalue weighted by atomic mass is 19.3. The van der Waals surface area contributed by atoms with Gasteiger partial charge in [0.25, 0.3) is 0 Å². The Labute approximate surface area is 155 Å². The number of alkyl halides is 2. The molecule has 2 aromatic rings. The number of nitrogens with one attached hydrogen (secondary N) is 1. The molecule has 0 spiro atoms. The van der Waals surface area contributed by atoms with Gasteiger partial charge in [0.2, 0.25) is 5.91 Å². The van der Waals surface area contributed by atoms with Crippen molar-refractivity contribution in [3.63, 3.8) is 0 Å². The molecule has 7 heteroatoms. The second-order valence-electron chi connectivity index (χ2n) is 5.52. The van der Waals surface area contributed by atoms with E-state index in [9.17, 15) is 18.0 Å². The fourth-order valence-corrected chi connectivity index (χ4v) is 2.30. The third kappa shape index (κ3) is 7.05. The lowest BCUT2D eigenvalue weighted by molar-refractivity contribution is -0.116. The van der Waals surface area contributed by atoms with Gasteiger partial charge in [-0.1, -0.05) is 18.2 Å². The molecule has 27 heavy (non-hydrogen) atoms. The third-order valence-electron chi connectivity index (χ3n) is 3.54. The highest BCUT2D eigenvalue weighted by molar-refractivity contribution is 5.91. The van der Waals surface area contributed by atoms with Crippen LogP contribution in [-0.2, 0) is 11.2 Å². The maximum Gasteiger partial charge on any atom is 0.387 e. The van der Waals surface area contributed by atoms with E-state index in [0.717, 1.165) is 5.56 Å². The first-order valence-electron chi connectivity index (χ1n) is 8.40. The normalized spacial score (nSPS) is 11.0. The molecule has 0 aromatic heterocycles. The van der Waals surface area contributed by atoms with Gasteiger partial charge in [0, 0.05) is 12.6 Å². The first kappa shape index (κ1) is 20.4. The number of hydrogen-bond donors (Lipinski definition) is 1. The molecule has 0 saturated heterocycles. The maximum absolute atomic E-state index is 12.8. The van der Waals surface area contributed by atoms with Gasteiger partial charge in [0.05, 0.1) is 6.61 Å².